The molecule has 0 N–H and O–H groups in total. The van der Waals surface area contributed by atoms with Crippen molar-refractivity contribution in [3.8, 4) is 5.75 Å². The fraction of sp³-hybridized carbons (Fsp3) is 0.533. The molecule has 3 heteroatoms. The smallest absolute Gasteiger partial charge is 0.312 e. The van der Waals surface area contributed by atoms with E-state index in [0.717, 1.165) is 24.2 Å². The van der Waals surface area contributed by atoms with Gasteiger partial charge in [-0.3, -0.25) is 4.79 Å². The van der Waals surface area contributed by atoms with Gasteiger partial charge in [-0.1, -0.05) is 18.6 Å². The Hall–Kier alpha value is -1.51. The van der Waals surface area contributed by atoms with Gasteiger partial charge >= 0.3 is 5.97 Å². The highest BCUT2D eigenvalue weighted by molar-refractivity contribution is 5.73. The number of methoxy groups -OCH3 is 1. The number of carbonyl (C=O) groups is 1. The summed E-state index contributed by atoms with van der Waals surface area (Å²) in [6, 6.07) is 7.88. The predicted molar refractivity (Wildman–Crippen MR) is 69.5 cm³/mol. The van der Waals surface area contributed by atoms with Crippen molar-refractivity contribution in [3.05, 3.63) is 29.8 Å². The van der Waals surface area contributed by atoms with Crippen LogP contribution >= 0.6 is 0 Å². The lowest BCUT2D eigenvalue weighted by molar-refractivity contribution is -0.150. The van der Waals surface area contributed by atoms with Crippen LogP contribution in [0.25, 0.3) is 0 Å². The fourth-order valence-corrected chi connectivity index (χ4v) is 2.28. The van der Waals surface area contributed by atoms with E-state index < -0.39 is 0 Å². The van der Waals surface area contributed by atoms with E-state index >= 15 is 0 Å². The van der Waals surface area contributed by atoms with Crippen LogP contribution in [0.5, 0.6) is 5.75 Å². The predicted octanol–water partition coefficient (Wildman–Crippen LogP) is 2.96. The van der Waals surface area contributed by atoms with E-state index in [4.69, 9.17) is 9.47 Å². The molecule has 1 fully saturated rings. The van der Waals surface area contributed by atoms with Crippen LogP contribution in [0.2, 0.25) is 0 Å². The van der Waals surface area contributed by atoms with Crippen LogP contribution in [0.4, 0.5) is 0 Å². The van der Waals surface area contributed by atoms with E-state index in [1.165, 1.54) is 13.5 Å². The standard InChI is InChI=1S/C15H20O3/c1-11-5-3-8-13(9-11)18-10-14(15(16)17-2)12-6-4-7-12/h3,5,8-9,12,14H,4,6-7,10H2,1-2H3. The lowest BCUT2D eigenvalue weighted by atomic mass is 9.76. The lowest BCUT2D eigenvalue weighted by Crippen LogP contribution is -2.34. The van der Waals surface area contributed by atoms with Crippen LogP contribution in [0.1, 0.15) is 24.8 Å². The molecule has 0 spiro atoms. The summed E-state index contributed by atoms with van der Waals surface area (Å²) in [6.45, 7) is 2.44. The second-order valence-corrected chi connectivity index (χ2v) is 4.95. The van der Waals surface area contributed by atoms with Crippen LogP contribution in [-0.4, -0.2) is 19.7 Å². The number of ether oxygens (including phenoxy) is 2. The molecule has 0 amide bonds. The maximum absolute atomic E-state index is 11.7. The minimum absolute atomic E-state index is 0.121. The Bertz CT molecular complexity index is 410. The average Bonchev–Trinajstić information content (AvgIpc) is 2.31. The summed E-state index contributed by atoms with van der Waals surface area (Å²) in [7, 11) is 1.45. The number of aryl methyl sites for hydroxylation is 1. The van der Waals surface area contributed by atoms with E-state index in [0.29, 0.717) is 12.5 Å². The molecule has 98 valence electrons. The van der Waals surface area contributed by atoms with Gasteiger partial charge in [0.25, 0.3) is 0 Å². The molecule has 1 unspecified atom stereocenters. The molecule has 1 saturated carbocycles. The van der Waals surface area contributed by atoms with Crippen LogP contribution < -0.4 is 4.74 Å². The summed E-state index contributed by atoms with van der Waals surface area (Å²) in [5.74, 6) is 0.988. The molecule has 0 aromatic heterocycles. The molecule has 2 rings (SSSR count). The quantitative estimate of drug-likeness (QED) is 0.751. The third-order valence-corrected chi connectivity index (χ3v) is 3.64. The molecular weight excluding hydrogens is 228 g/mol. The molecule has 0 aliphatic heterocycles. The highest BCUT2D eigenvalue weighted by Crippen LogP contribution is 2.34. The third kappa shape index (κ3) is 3.03. The summed E-state index contributed by atoms with van der Waals surface area (Å²) >= 11 is 0. The molecule has 1 aromatic rings. The van der Waals surface area contributed by atoms with Gasteiger partial charge in [-0.2, -0.15) is 0 Å². The first kappa shape index (κ1) is 12.9. The van der Waals surface area contributed by atoms with Gasteiger partial charge in [-0.05, 0) is 43.4 Å². The number of carbonyl (C=O) groups excluding carboxylic acids is 1. The summed E-state index contributed by atoms with van der Waals surface area (Å²) in [5.41, 5.74) is 1.16. The summed E-state index contributed by atoms with van der Waals surface area (Å²) in [4.78, 5) is 11.7. The van der Waals surface area contributed by atoms with E-state index in [2.05, 4.69) is 0 Å². The molecule has 1 atom stereocenters. The Balaban J connectivity index is 1.94. The first-order valence-corrected chi connectivity index (χ1v) is 6.48. The van der Waals surface area contributed by atoms with Crippen LogP contribution in [0.15, 0.2) is 24.3 Å². The average molecular weight is 248 g/mol. The van der Waals surface area contributed by atoms with Crippen molar-refractivity contribution >= 4 is 5.97 Å². The van der Waals surface area contributed by atoms with Crippen molar-refractivity contribution in [1.29, 1.82) is 0 Å². The topological polar surface area (TPSA) is 35.5 Å². The van der Waals surface area contributed by atoms with E-state index in [9.17, 15) is 4.79 Å². The number of hydrogen-bond donors (Lipinski definition) is 0. The molecule has 1 aromatic carbocycles. The number of esters is 1. The Kier molecular flexibility index (Phi) is 4.24. The highest BCUT2D eigenvalue weighted by Gasteiger charge is 2.33. The zero-order chi connectivity index (χ0) is 13.0. The molecule has 1 aliphatic rings. The monoisotopic (exact) mass is 248 g/mol. The first-order chi connectivity index (χ1) is 8.70. The van der Waals surface area contributed by atoms with Crippen LogP contribution in [0, 0.1) is 18.8 Å². The summed E-state index contributed by atoms with van der Waals surface area (Å²) in [6.07, 6.45) is 3.43. The second kappa shape index (κ2) is 5.89. The molecular formula is C15H20O3. The second-order valence-electron chi connectivity index (χ2n) is 4.95. The van der Waals surface area contributed by atoms with Crippen molar-refractivity contribution in [1.82, 2.24) is 0 Å². The lowest BCUT2D eigenvalue weighted by Gasteiger charge is -2.31. The maximum Gasteiger partial charge on any atom is 0.312 e. The minimum atomic E-state index is -0.146. The Morgan fingerprint density at radius 1 is 1.44 bits per heavy atom. The highest BCUT2D eigenvalue weighted by atomic mass is 16.5. The van der Waals surface area contributed by atoms with Crippen molar-refractivity contribution < 1.29 is 14.3 Å². The summed E-state index contributed by atoms with van der Waals surface area (Å²) < 4.78 is 10.6. The minimum Gasteiger partial charge on any atom is -0.493 e. The van der Waals surface area contributed by atoms with Gasteiger partial charge in [0.2, 0.25) is 0 Å². The van der Waals surface area contributed by atoms with E-state index in [-0.39, 0.29) is 11.9 Å². The van der Waals surface area contributed by atoms with Gasteiger partial charge in [-0.15, -0.1) is 0 Å². The molecule has 0 saturated heterocycles. The first-order valence-electron chi connectivity index (χ1n) is 6.48. The van der Waals surface area contributed by atoms with Crippen LogP contribution in [0.3, 0.4) is 0 Å². The number of hydrogen-bond acceptors (Lipinski definition) is 3. The fourth-order valence-electron chi connectivity index (χ4n) is 2.28. The van der Waals surface area contributed by atoms with Crippen molar-refractivity contribution in [3.63, 3.8) is 0 Å². The molecule has 0 radical (unpaired) electrons. The van der Waals surface area contributed by atoms with E-state index in [1.807, 2.05) is 31.2 Å². The summed E-state index contributed by atoms with van der Waals surface area (Å²) in [5, 5.41) is 0. The van der Waals surface area contributed by atoms with Crippen molar-refractivity contribution in [2.75, 3.05) is 13.7 Å². The Labute approximate surface area is 108 Å². The number of rotatable bonds is 5. The SMILES string of the molecule is COC(=O)C(COc1cccc(C)c1)C1CCC1. The zero-order valence-electron chi connectivity index (χ0n) is 11.0. The molecule has 0 bridgehead atoms. The Morgan fingerprint density at radius 3 is 2.78 bits per heavy atom. The Morgan fingerprint density at radius 2 is 2.22 bits per heavy atom. The largest absolute Gasteiger partial charge is 0.493 e. The van der Waals surface area contributed by atoms with Gasteiger partial charge in [0.15, 0.2) is 0 Å². The zero-order valence-corrected chi connectivity index (χ0v) is 11.0. The van der Waals surface area contributed by atoms with Gasteiger partial charge in [-0.25, -0.2) is 0 Å². The maximum atomic E-state index is 11.7. The molecule has 3 nitrogen and oxygen atoms in total. The van der Waals surface area contributed by atoms with Crippen molar-refractivity contribution in [2.24, 2.45) is 11.8 Å². The van der Waals surface area contributed by atoms with Crippen molar-refractivity contribution in [2.45, 2.75) is 26.2 Å². The van der Waals surface area contributed by atoms with Gasteiger partial charge in [0.05, 0.1) is 13.0 Å². The molecule has 1 aliphatic carbocycles. The van der Waals surface area contributed by atoms with Crippen LogP contribution in [-0.2, 0) is 9.53 Å². The normalized spacial score (nSPS) is 16.8. The van der Waals surface area contributed by atoms with E-state index in [1.54, 1.807) is 0 Å². The molecule has 0 heterocycles. The van der Waals surface area contributed by atoms with Gasteiger partial charge in [0, 0.05) is 0 Å². The third-order valence-electron chi connectivity index (χ3n) is 3.64. The van der Waals surface area contributed by atoms with Gasteiger partial charge in [0.1, 0.15) is 12.4 Å². The van der Waals surface area contributed by atoms with Gasteiger partial charge < -0.3 is 9.47 Å². The number of benzene rings is 1. The molecule has 18 heavy (non-hydrogen) atoms.